The van der Waals surface area contributed by atoms with E-state index in [1.54, 1.807) is 11.3 Å². The highest BCUT2D eigenvalue weighted by molar-refractivity contribution is 7.10. The Morgan fingerprint density at radius 1 is 1.40 bits per heavy atom. The fraction of sp³-hybridized carbons (Fsp3) is 0.750. The lowest BCUT2D eigenvalue weighted by atomic mass is 9.89. The molecule has 20 heavy (non-hydrogen) atoms. The van der Waals surface area contributed by atoms with Gasteiger partial charge in [0, 0.05) is 17.5 Å². The van der Waals surface area contributed by atoms with Gasteiger partial charge in [0.1, 0.15) is 0 Å². The Hall–Kier alpha value is -0.420. The number of aliphatic hydroxyl groups is 1. The van der Waals surface area contributed by atoms with Gasteiger partial charge in [-0.3, -0.25) is 0 Å². The Labute approximate surface area is 126 Å². The molecule has 1 heterocycles. The molecule has 2 atom stereocenters. The highest BCUT2D eigenvalue weighted by Gasteiger charge is 2.19. The normalized spacial score (nSPS) is 26.4. The highest BCUT2D eigenvalue weighted by atomic mass is 32.1. The van der Waals surface area contributed by atoms with Crippen LogP contribution in [0, 0.1) is 5.92 Å². The van der Waals surface area contributed by atoms with Crippen molar-refractivity contribution in [2.24, 2.45) is 5.92 Å². The number of aliphatic hydroxyl groups excluding tert-OH is 1. The van der Waals surface area contributed by atoms with E-state index < -0.39 is 6.10 Å². The maximum atomic E-state index is 9.99. The summed E-state index contributed by atoms with van der Waals surface area (Å²) in [5, 5.41) is 15.4. The molecular weight excluding hydrogens is 270 g/mol. The van der Waals surface area contributed by atoms with E-state index >= 15 is 0 Å². The van der Waals surface area contributed by atoms with Crippen LogP contribution in [-0.4, -0.2) is 30.5 Å². The fourth-order valence-electron chi connectivity index (χ4n) is 2.65. The number of hydrogen-bond donors (Lipinski definition) is 2. The van der Waals surface area contributed by atoms with Crippen LogP contribution in [0.1, 0.15) is 50.4 Å². The summed E-state index contributed by atoms with van der Waals surface area (Å²) in [7, 11) is 0. The van der Waals surface area contributed by atoms with Gasteiger partial charge in [-0.05, 0) is 50.0 Å². The van der Waals surface area contributed by atoms with Crippen LogP contribution in [0.5, 0.6) is 0 Å². The molecule has 3 nitrogen and oxygen atoms in total. The van der Waals surface area contributed by atoms with E-state index in [1.165, 1.54) is 17.7 Å². The van der Waals surface area contributed by atoms with Crippen molar-refractivity contribution < 1.29 is 9.84 Å². The molecule has 2 N–H and O–H groups in total. The Balaban J connectivity index is 1.59. The van der Waals surface area contributed by atoms with Crippen LogP contribution >= 0.6 is 11.3 Å². The van der Waals surface area contributed by atoms with E-state index in [0.29, 0.717) is 25.3 Å². The molecule has 0 aromatic carbocycles. The first-order valence-electron chi connectivity index (χ1n) is 7.71. The van der Waals surface area contributed by atoms with Crippen molar-refractivity contribution in [1.82, 2.24) is 5.32 Å². The summed E-state index contributed by atoms with van der Waals surface area (Å²) in [5.74, 6) is 0.841. The van der Waals surface area contributed by atoms with E-state index in [9.17, 15) is 5.11 Å². The molecule has 2 unspecified atom stereocenters. The number of nitrogens with one attached hydrogen (secondary N) is 1. The van der Waals surface area contributed by atoms with Crippen molar-refractivity contribution in [2.45, 2.75) is 57.8 Å². The molecule has 0 bridgehead atoms. The molecule has 0 spiro atoms. The fourth-order valence-corrected chi connectivity index (χ4v) is 3.41. The molecule has 0 saturated heterocycles. The van der Waals surface area contributed by atoms with Gasteiger partial charge >= 0.3 is 0 Å². The van der Waals surface area contributed by atoms with Crippen molar-refractivity contribution in [3.63, 3.8) is 0 Å². The molecule has 0 aliphatic heterocycles. The van der Waals surface area contributed by atoms with Crippen LogP contribution < -0.4 is 5.32 Å². The second-order valence-electron chi connectivity index (χ2n) is 6.01. The quantitative estimate of drug-likeness (QED) is 0.811. The zero-order chi connectivity index (χ0) is 14.4. The average molecular weight is 297 g/mol. The van der Waals surface area contributed by atoms with Gasteiger partial charge in [-0.15, -0.1) is 11.3 Å². The number of hydrogen-bond acceptors (Lipinski definition) is 4. The van der Waals surface area contributed by atoms with Crippen LogP contribution in [0.15, 0.2) is 17.5 Å². The van der Waals surface area contributed by atoms with E-state index in [4.69, 9.17) is 4.74 Å². The van der Waals surface area contributed by atoms with Crippen molar-refractivity contribution in [1.29, 1.82) is 0 Å². The Bertz CT molecular complexity index is 361. The smallest absolute Gasteiger partial charge is 0.0898 e. The zero-order valence-electron chi connectivity index (χ0n) is 12.5. The summed E-state index contributed by atoms with van der Waals surface area (Å²) in [6.45, 7) is 5.47. The average Bonchev–Trinajstić information content (AvgIpc) is 2.98. The largest absolute Gasteiger partial charge is 0.389 e. The standard InChI is InChI=1S/C16H27NO2S/c1-12-5-7-15(8-6-12)19-11-14(18)10-17-13(2)16-4-3-9-20-16/h3-4,9,12-15,17-18H,5-8,10-11H2,1-2H3. The first kappa shape index (κ1) is 16.0. The molecular formula is C16H27NO2S. The highest BCUT2D eigenvalue weighted by Crippen LogP contribution is 2.25. The molecule has 0 amide bonds. The lowest BCUT2D eigenvalue weighted by Crippen LogP contribution is -2.34. The van der Waals surface area contributed by atoms with Gasteiger partial charge in [-0.25, -0.2) is 0 Å². The molecule has 1 fully saturated rings. The lowest BCUT2D eigenvalue weighted by Gasteiger charge is -2.27. The van der Waals surface area contributed by atoms with E-state index in [2.05, 4.69) is 36.7 Å². The van der Waals surface area contributed by atoms with Gasteiger partial charge in [0.15, 0.2) is 0 Å². The maximum Gasteiger partial charge on any atom is 0.0898 e. The third-order valence-electron chi connectivity index (χ3n) is 4.12. The summed E-state index contributed by atoms with van der Waals surface area (Å²) >= 11 is 1.74. The van der Waals surface area contributed by atoms with Gasteiger partial charge in [0.2, 0.25) is 0 Å². The predicted molar refractivity (Wildman–Crippen MR) is 84.1 cm³/mol. The number of thiophene rings is 1. The topological polar surface area (TPSA) is 41.5 Å². The van der Waals surface area contributed by atoms with Crippen molar-refractivity contribution in [2.75, 3.05) is 13.2 Å². The lowest BCUT2D eigenvalue weighted by molar-refractivity contribution is -0.0282. The summed E-state index contributed by atoms with van der Waals surface area (Å²) in [6, 6.07) is 4.47. The second kappa shape index (κ2) is 8.13. The second-order valence-corrected chi connectivity index (χ2v) is 6.99. The van der Waals surface area contributed by atoms with Crippen LogP contribution in [0.25, 0.3) is 0 Å². The summed E-state index contributed by atoms with van der Waals surface area (Å²) in [6.07, 6.45) is 4.75. The van der Waals surface area contributed by atoms with Crippen LogP contribution in [0.3, 0.4) is 0 Å². The third kappa shape index (κ3) is 5.17. The van der Waals surface area contributed by atoms with Gasteiger partial charge in [-0.2, -0.15) is 0 Å². The monoisotopic (exact) mass is 297 g/mol. The number of rotatable bonds is 7. The minimum Gasteiger partial charge on any atom is -0.389 e. The molecule has 1 saturated carbocycles. The van der Waals surface area contributed by atoms with E-state index in [0.717, 1.165) is 18.8 Å². The third-order valence-corrected chi connectivity index (χ3v) is 5.17. The number of ether oxygens (including phenoxy) is 1. The maximum absolute atomic E-state index is 9.99. The molecule has 4 heteroatoms. The van der Waals surface area contributed by atoms with E-state index in [-0.39, 0.29) is 0 Å². The van der Waals surface area contributed by atoms with Gasteiger partial charge in [0.05, 0.1) is 18.8 Å². The van der Waals surface area contributed by atoms with Crippen LogP contribution in [-0.2, 0) is 4.74 Å². The summed E-state index contributed by atoms with van der Waals surface area (Å²) in [5.41, 5.74) is 0. The first-order chi connectivity index (χ1) is 9.65. The Morgan fingerprint density at radius 3 is 2.80 bits per heavy atom. The van der Waals surface area contributed by atoms with E-state index in [1.807, 2.05) is 0 Å². The van der Waals surface area contributed by atoms with Crippen molar-refractivity contribution in [3.8, 4) is 0 Å². The molecule has 1 aromatic heterocycles. The first-order valence-corrected chi connectivity index (χ1v) is 8.59. The summed E-state index contributed by atoms with van der Waals surface area (Å²) < 4.78 is 5.83. The molecule has 1 aliphatic carbocycles. The molecule has 2 rings (SSSR count). The van der Waals surface area contributed by atoms with Crippen LogP contribution in [0.4, 0.5) is 0 Å². The van der Waals surface area contributed by atoms with Crippen molar-refractivity contribution >= 4 is 11.3 Å². The van der Waals surface area contributed by atoms with Crippen molar-refractivity contribution in [3.05, 3.63) is 22.4 Å². The molecule has 0 radical (unpaired) electrons. The molecule has 1 aromatic rings. The Kier molecular flexibility index (Phi) is 6.49. The van der Waals surface area contributed by atoms with Gasteiger partial charge in [-0.1, -0.05) is 13.0 Å². The molecule has 114 valence electrons. The summed E-state index contributed by atoms with van der Waals surface area (Å²) in [4.78, 5) is 1.30. The molecule has 1 aliphatic rings. The van der Waals surface area contributed by atoms with Crippen LogP contribution in [0.2, 0.25) is 0 Å². The van der Waals surface area contributed by atoms with Gasteiger partial charge in [0.25, 0.3) is 0 Å². The zero-order valence-corrected chi connectivity index (χ0v) is 13.4. The Morgan fingerprint density at radius 2 is 2.15 bits per heavy atom. The predicted octanol–water partition coefficient (Wildman–Crippen LogP) is 3.35. The SMILES string of the molecule is CC1CCC(OCC(O)CNC(C)c2cccs2)CC1. The minimum atomic E-state index is -0.420. The minimum absolute atomic E-state index is 0.292. The van der Waals surface area contributed by atoms with Gasteiger partial charge < -0.3 is 15.2 Å².